The second-order valence-electron chi connectivity index (χ2n) is 4.08. The van der Waals surface area contributed by atoms with Crippen molar-refractivity contribution in [3.8, 4) is 0 Å². The summed E-state index contributed by atoms with van der Waals surface area (Å²) in [5.74, 6) is 0. The Hall–Kier alpha value is -1.07. The van der Waals surface area contributed by atoms with Crippen LogP contribution in [0.4, 0.5) is 5.69 Å². The van der Waals surface area contributed by atoms with Gasteiger partial charge in [0.2, 0.25) is 0 Å². The summed E-state index contributed by atoms with van der Waals surface area (Å²) >= 11 is 0. The topological polar surface area (TPSA) is 48.3 Å². The summed E-state index contributed by atoms with van der Waals surface area (Å²) in [6, 6.07) is 0. The van der Waals surface area contributed by atoms with Crippen LogP contribution in [-0.4, -0.2) is 23.5 Å². The fourth-order valence-corrected chi connectivity index (χ4v) is 2.15. The molecule has 0 radical (unpaired) electrons. The van der Waals surface area contributed by atoms with Crippen LogP contribution in [-0.2, 0) is 16.6 Å². The van der Waals surface area contributed by atoms with Crippen LogP contribution < -0.4 is 5.48 Å². The Labute approximate surface area is 95.7 Å². The molecule has 1 saturated heterocycles. The van der Waals surface area contributed by atoms with Gasteiger partial charge < -0.3 is 4.74 Å². The molecule has 5 nitrogen and oxygen atoms in total. The van der Waals surface area contributed by atoms with Gasteiger partial charge in [0.15, 0.2) is 0 Å². The molecule has 0 aromatic carbocycles. The number of aromatic nitrogens is 2. The normalized spacial score (nSPS) is 21.8. The minimum atomic E-state index is 0.132. The van der Waals surface area contributed by atoms with E-state index in [2.05, 4.69) is 10.6 Å². The van der Waals surface area contributed by atoms with E-state index in [0.717, 1.165) is 30.8 Å². The highest BCUT2D eigenvalue weighted by atomic mass is 16.6. The molecule has 1 aliphatic heterocycles. The standard InChI is InChI=1S/C11H19N3O2/c1-14-11(9(8-12-14)13-15-2)10-6-4-3-5-7-16-10/h8,10,13H,3-7H2,1-2H3/t10-/m0/s1. The van der Waals surface area contributed by atoms with Crippen LogP contribution >= 0.6 is 0 Å². The monoisotopic (exact) mass is 225 g/mol. The molecular weight excluding hydrogens is 206 g/mol. The molecule has 2 rings (SSSR count). The Morgan fingerprint density at radius 1 is 1.50 bits per heavy atom. The third-order valence-corrected chi connectivity index (χ3v) is 2.93. The van der Waals surface area contributed by atoms with Crippen LogP contribution in [0.2, 0.25) is 0 Å². The first-order chi connectivity index (χ1) is 7.83. The highest BCUT2D eigenvalue weighted by Gasteiger charge is 2.22. The van der Waals surface area contributed by atoms with E-state index in [1.54, 1.807) is 13.3 Å². The third kappa shape index (κ3) is 2.36. The van der Waals surface area contributed by atoms with Crippen molar-refractivity contribution in [1.29, 1.82) is 0 Å². The number of anilines is 1. The van der Waals surface area contributed by atoms with Crippen molar-refractivity contribution in [2.75, 3.05) is 19.2 Å². The van der Waals surface area contributed by atoms with Gasteiger partial charge in [0.05, 0.1) is 19.0 Å². The fourth-order valence-electron chi connectivity index (χ4n) is 2.15. The third-order valence-electron chi connectivity index (χ3n) is 2.93. The molecule has 5 heteroatoms. The molecule has 0 bridgehead atoms. The second-order valence-corrected chi connectivity index (χ2v) is 4.08. The van der Waals surface area contributed by atoms with E-state index < -0.39 is 0 Å². The number of hydrogen-bond acceptors (Lipinski definition) is 4. The lowest BCUT2D eigenvalue weighted by Crippen LogP contribution is -2.11. The average molecular weight is 225 g/mol. The Morgan fingerprint density at radius 3 is 3.19 bits per heavy atom. The van der Waals surface area contributed by atoms with E-state index in [9.17, 15) is 0 Å². The summed E-state index contributed by atoms with van der Waals surface area (Å²) in [4.78, 5) is 4.95. The Morgan fingerprint density at radius 2 is 2.38 bits per heavy atom. The number of hydrogen-bond donors (Lipinski definition) is 1. The first-order valence-electron chi connectivity index (χ1n) is 5.75. The summed E-state index contributed by atoms with van der Waals surface area (Å²) in [6.45, 7) is 0.836. The first kappa shape index (κ1) is 11.4. The van der Waals surface area contributed by atoms with E-state index >= 15 is 0 Å². The molecule has 0 spiro atoms. The zero-order valence-corrected chi connectivity index (χ0v) is 9.90. The smallest absolute Gasteiger partial charge is 0.104 e. The molecule has 1 N–H and O–H groups in total. The van der Waals surface area contributed by atoms with Gasteiger partial charge in [-0.05, 0) is 12.8 Å². The van der Waals surface area contributed by atoms with E-state index in [1.807, 2.05) is 11.7 Å². The van der Waals surface area contributed by atoms with E-state index in [4.69, 9.17) is 9.57 Å². The largest absolute Gasteiger partial charge is 0.372 e. The lowest BCUT2D eigenvalue weighted by molar-refractivity contribution is 0.0527. The summed E-state index contributed by atoms with van der Waals surface area (Å²) in [6.07, 6.45) is 6.57. The van der Waals surface area contributed by atoms with Gasteiger partial charge in [-0.1, -0.05) is 12.8 Å². The van der Waals surface area contributed by atoms with Crippen molar-refractivity contribution in [3.05, 3.63) is 11.9 Å². The van der Waals surface area contributed by atoms with Crippen molar-refractivity contribution in [1.82, 2.24) is 9.78 Å². The van der Waals surface area contributed by atoms with Crippen LogP contribution in [0.3, 0.4) is 0 Å². The van der Waals surface area contributed by atoms with E-state index in [1.165, 1.54) is 12.8 Å². The maximum absolute atomic E-state index is 5.86. The summed E-state index contributed by atoms with van der Waals surface area (Å²) in [5, 5.41) is 4.24. The predicted molar refractivity (Wildman–Crippen MR) is 61.0 cm³/mol. The van der Waals surface area contributed by atoms with Crippen molar-refractivity contribution in [2.45, 2.75) is 31.8 Å². The maximum atomic E-state index is 5.86. The highest BCUT2D eigenvalue weighted by molar-refractivity contribution is 5.45. The van der Waals surface area contributed by atoms with Gasteiger partial charge in [0.1, 0.15) is 11.8 Å². The lowest BCUT2D eigenvalue weighted by atomic mass is 10.1. The van der Waals surface area contributed by atoms with Crippen molar-refractivity contribution < 1.29 is 9.57 Å². The summed E-state index contributed by atoms with van der Waals surface area (Å²) in [7, 11) is 3.54. The molecule has 2 heterocycles. The molecule has 1 aromatic rings. The van der Waals surface area contributed by atoms with Gasteiger partial charge in [-0.2, -0.15) is 5.10 Å². The molecule has 0 aliphatic carbocycles. The van der Waals surface area contributed by atoms with Crippen molar-refractivity contribution in [3.63, 3.8) is 0 Å². The average Bonchev–Trinajstić information content (AvgIpc) is 2.53. The van der Waals surface area contributed by atoms with Crippen LogP contribution in [0.1, 0.15) is 37.5 Å². The number of rotatable bonds is 3. The number of aryl methyl sites for hydroxylation is 1. The van der Waals surface area contributed by atoms with E-state index in [0.29, 0.717) is 0 Å². The van der Waals surface area contributed by atoms with Crippen molar-refractivity contribution in [2.24, 2.45) is 7.05 Å². The second kappa shape index (κ2) is 5.32. The zero-order chi connectivity index (χ0) is 11.4. The molecular formula is C11H19N3O2. The van der Waals surface area contributed by atoms with Gasteiger partial charge >= 0.3 is 0 Å². The first-order valence-corrected chi connectivity index (χ1v) is 5.75. The molecule has 90 valence electrons. The van der Waals surface area contributed by atoms with Gasteiger partial charge in [-0.15, -0.1) is 0 Å². The Balaban J connectivity index is 2.19. The van der Waals surface area contributed by atoms with E-state index in [-0.39, 0.29) is 6.10 Å². The molecule has 1 aromatic heterocycles. The van der Waals surface area contributed by atoms with Gasteiger partial charge in [0, 0.05) is 13.7 Å². The number of nitrogens with zero attached hydrogens (tertiary/aromatic N) is 2. The molecule has 1 fully saturated rings. The Kier molecular flexibility index (Phi) is 3.79. The highest BCUT2D eigenvalue weighted by Crippen LogP contribution is 2.31. The number of nitrogens with one attached hydrogen (secondary N) is 1. The Bertz CT molecular complexity index is 330. The van der Waals surface area contributed by atoms with Gasteiger partial charge in [-0.3, -0.25) is 15.0 Å². The van der Waals surface area contributed by atoms with Crippen molar-refractivity contribution >= 4 is 5.69 Å². The maximum Gasteiger partial charge on any atom is 0.104 e. The molecule has 0 unspecified atom stereocenters. The molecule has 1 atom stereocenters. The van der Waals surface area contributed by atoms with Crippen LogP contribution in [0.5, 0.6) is 0 Å². The quantitative estimate of drug-likeness (QED) is 0.800. The number of ether oxygens (including phenoxy) is 1. The van der Waals surface area contributed by atoms with Crippen LogP contribution in [0.15, 0.2) is 6.20 Å². The minimum Gasteiger partial charge on any atom is -0.372 e. The predicted octanol–water partition coefficient (Wildman–Crippen LogP) is 2.03. The molecule has 16 heavy (non-hydrogen) atoms. The lowest BCUT2D eigenvalue weighted by Gasteiger charge is -2.17. The van der Waals surface area contributed by atoms with Crippen LogP contribution in [0, 0.1) is 0 Å². The summed E-state index contributed by atoms with van der Waals surface area (Å²) < 4.78 is 7.72. The van der Waals surface area contributed by atoms with Crippen LogP contribution in [0.25, 0.3) is 0 Å². The molecule has 1 aliphatic rings. The zero-order valence-electron chi connectivity index (χ0n) is 9.90. The molecule has 0 amide bonds. The molecule has 0 saturated carbocycles. The fraction of sp³-hybridized carbons (Fsp3) is 0.727. The van der Waals surface area contributed by atoms with Gasteiger partial charge in [0.25, 0.3) is 0 Å². The SMILES string of the molecule is CONc1cnn(C)c1[C@@H]1CCCCCO1. The summed E-state index contributed by atoms with van der Waals surface area (Å²) in [5.41, 5.74) is 4.82. The van der Waals surface area contributed by atoms with Gasteiger partial charge in [-0.25, -0.2) is 0 Å². The minimum absolute atomic E-state index is 0.132.